The lowest BCUT2D eigenvalue weighted by Gasteiger charge is -2.22. The molecule has 1 atom stereocenters. The monoisotopic (exact) mass is 193 g/mol. The zero-order valence-electron chi connectivity index (χ0n) is 8.68. The Morgan fingerprint density at radius 3 is 2.50 bits per heavy atom. The number of benzene rings is 1. The molecule has 76 valence electrons. The van der Waals surface area contributed by atoms with Crippen molar-refractivity contribution < 1.29 is 4.39 Å². The summed E-state index contributed by atoms with van der Waals surface area (Å²) in [4.78, 5) is 0. The molecule has 2 N–H and O–H groups in total. The Labute approximate surface area is 84.1 Å². The molecule has 1 unspecified atom stereocenters. The summed E-state index contributed by atoms with van der Waals surface area (Å²) in [7, 11) is 0. The summed E-state index contributed by atoms with van der Waals surface area (Å²) in [5, 5.41) is 0. The van der Waals surface area contributed by atoms with E-state index in [-0.39, 0.29) is 17.3 Å². The molecule has 1 aliphatic carbocycles. The quantitative estimate of drug-likeness (QED) is 0.767. The van der Waals surface area contributed by atoms with E-state index in [4.69, 9.17) is 5.73 Å². The second kappa shape index (κ2) is 3.06. The van der Waals surface area contributed by atoms with E-state index in [0.717, 1.165) is 24.0 Å². The van der Waals surface area contributed by atoms with E-state index in [1.54, 1.807) is 6.07 Å². The Morgan fingerprint density at radius 1 is 1.43 bits per heavy atom. The topological polar surface area (TPSA) is 26.0 Å². The fraction of sp³-hybridized carbons (Fsp3) is 0.500. The SMILES string of the molecule is Cc1cccc(F)c1C1(C(C)N)CC1. The molecule has 1 nitrogen and oxygen atoms in total. The Kier molecular flexibility index (Phi) is 2.11. The van der Waals surface area contributed by atoms with E-state index in [1.807, 2.05) is 19.9 Å². The van der Waals surface area contributed by atoms with Gasteiger partial charge in [0.05, 0.1) is 0 Å². The van der Waals surface area contributed by atoms with E-state index in [9.17, 15) is 4.39 Å². The molecule has 0 aromatic heterocycles. The van der Waals surface area contributed by atoms with Crippen molar-refractivity contribution >= 4 is 0 Å². The lowest BCUT2D eigenvalue weighted by molar-refractivity contribution is 0.509. The summed E-state index contributed by atoms with van der Waals surface area (Å²) in [6, 6.07) is 5.29. The van der Waals surface area contributed by atoms with Crippen LogP contribution in [0.3, 0.4) is 0 Å². The molecule has 0 radical (unpaired) electrons. The molecule has 0 amide bonds. The fourth-order valence-corrected chi connectivity index (χ4v) is 2.33. The van der Waals surface area contributed by atoms with Crippen molar-refractivity contribution in [1.29, 1.82) is 0 Å². The molecule has 2 rings (SSSR count). The summed E-state index contributed by atoms with van der Waals surface area (Å²) >= 11 is 0. The highest BCUT2D eigenvalue weighted by Gasteiger charge is 2.49. The average molecular weight is 193 g/mol. The predicted octanol–water partition coefficient (Wildman–Crippen LogP) is 2.51. The minimum Gasteiger partial charge on any atom is -0.327 e. The largest absolute Gasteiger partial charge is 0.327 e. The molecule has 0 bridgehead atoms. The first-order valence-electron chi connectivity index (χ1n) is 5.09. The van der Waals surface area contributed by atoms with Crippen molar-refractivity contribution in [2.45, 2.75) is 38.1 Å². The standard InChI is InChI=1S/C12H16FN/c1-8-4-3-5-10(13)11(8)12(6-7-12)9(2)14/h3-5,9H,6-7,14H2,1-2H3. The maximum absolute atomic E-state index is 13.7. The summed E-state index contributed by atoms with van der Waals surface area (Å²) < 4.78 is 13.7. The van der Waals surface area contributed by atoms with Gasteiger partial charge in [0.2, 0.25) is 0 Å². The number of rotatable bonds is 2. The maximum atomic E-state index is 13.7. The fourth-order valence-electron chi connectivity index (χ4n) is 2.33. The summed E-state index contributed by atoms with van der Waals surface area (Å²) in [6.07, 6.45) is 2.04. The second-order valence-electron chi connectivity index (χ2n) is 4.38. The second-order valence-corrected chi connectivity index (χ2v) is 4.38. The summed E-state index contributed by atoms with van der Waals surface area (Å²) in [6.45, 7) is 3.93. The van der Waals surface area contributed by atoms with Crippen LogP contribution < -0.4 is 5.73 Å². The van der Waals surface area contributed by atoms with Crippen LogP contribution in [0.25, 0.3) is 0 Å². The highest BCUT2D eigenvalue weighted by Crippen LogP contribution is 2.52. The van der Waals surface area contributed by atoms with Gasteiger partial charge in [-0.05, 0) is 43.9 Å². The van der Waals surface area contributed by atoms with Crippen molar-refractivity contribution in [1.82, 2.24) is 0 Å². The number of aryl methyl sites for hydroxylation is 1. The van der Waals surface area contributed by atoms with Gasteiger partial charge >= 0.3 is 0 Å². The first-order chi connectivity index (χ1) is 6.58. The Balaban J connectivity index is 2.51. The highest BCUT2D eigenvalue weighted by atomic mass is 19.1. The van der Waals surface area contributed by atoms with E-state index in [1.165, 1.54) is 6.07 Å². The zero-order valence-corrected chi connectivity index (χ0v) is 8.68. The van der Waals surface area contributed by atoms with Crippen LogP contribution in [0.1, 0.15) is 30.9 Å². The van der Waals surface area contributed by atoms with E-state index < -0.39 is 0 Å². The van der Waals surface area contributed by atoms with Crippen molar-refractivity contribution in [3.05, 3.63) is 35.1 Å². The highest BCUT2D eigenvalue weighted by molar-refractivity contribution is 5.40. The van der Waals surface area contributed by atoms with Gasteiger partial charge in [-0.3, -0.25) is 0 Å². The van der Waals surface area contributed by atoms with Gasteiger partial charge in [0.1, 0.15) is 5.82 Å². The van der Waals surface area contributed by atoms with E-state index >= 15 is 0 Å². The molecule has 0 spiro atoms. The third-order valence-corrected chi connectivity index (χ3v) is 3.38. The first-order valence-corrected chi connectivity index (χ1v) is 5.09. The molecule has 14 heavy (non-hydrogen) atoms. The molecule has 0 saturated heterocycles. The minimum atomic E-state index is -0.0974. The Hall–Kier alpha value is -0.890. The first kappa shape index (κ1) is 9.66. The number of nitrogens with two attached hydrogens (primary N) is 1. The molecular formula is C12H16FN. The van der Waals surface area contributed by atoms with Gasteiger partial charge in [-0.25, -0.2) is 4.39 Å². The molecule has 1 aromatic carbocycles. The number of hydrogen-bond donors (Lipinski definition) is 1. The smallest absolute Gasteiger partial charge is 0.127 e. The van der Waals surface area contributed by atoms with Crippen LogP contribution in [0.2, 0.25) is 0 Å². The van der Waals surface area contributed by atoms with Gasteiger partial charge in [-0.1, -0.05) is 12.1 Å². The van der Waals surface area contributed by atoms with Crippen molar-refractivity contribution in [3.8, 4) is 0 Å². The van der Waals surface area contributed by atoms with Gasteiger partial charge in [0, 0.05) is 11.5 Å². The van der Waals surface area contributed by atoms with Crippen LogP contribution in [0.4, 0.5) is 4.39 Å². The zero-order chi connectivity index (χ0) is 10.3. The minimum absolute atomic E-state index is 0.0399. The van der Waals surface area contributed by atoms with Crippen LogP contribution in [-0.4, -0.2) is 6.04 Å². The Bertz CT molecular complexity index is 333. The van der Waals surface area contributed by atoms with Crippen molar-refractivity contribution in [2.75, 3.05) is 0 Å². The van der Waals surface area contributed by atoms with Gasteiger partial charge in [-0.15, -0.1) is 0 Å². The normalized spacial score (nSPS) is 20.6. The van der Waals surface area contributed by atoms with E-state index in [0.29, 0.717) is 0 Å². The molecule has 1 fully saturated rings. The molecule has 1 aromatic rings. The lowest BCUT2D eigenvalue weighted by Crippen LogP contribution is -2.33. The lowest BCUT2D eigenvalue weighted by atomic mass is 9.86. The van der Waals surface area contributed by atoms with Gasteiger partial charge in [0.25, 0.3) is 0 Å². The third-order valence-electron chi connectivity index (χ3n) is 3.38. The molecule has 0 aliphatic heterocycles. The molecule has 1 aliphatic rings. The summed E-state index contributed by atoms with van der Waals surface area (Å²) in [5.74, 6) is -0.0974. The van der Waals surface area contributed by atoms with Crippen molar-refractivity contribution in [3.63, 3.8) is 0 Å². The number of hydrogen-bond acceptors (Lipinski definition) is 1. The predicted molar refractivity (Wildman–Crippen MR) is 55.7 cm³/mol. The maximum Gasteiger partial charge on any atom is 0.127 e. The molecular weight excluding hydrogens is 177 g/mol. The molecule has 0 heterocycles. The van der Waals surface area contributed by atoms with Crippen LogP contribution >= 0.6 is 0 Å². The average Bonchev–Trinajstić information content (AvgIpc) is 2.85. The van der Waals surface area contributed by atoms with Gasteiger partial charge in [0.15, 0.2) is 0 Å². The van der Waals surface area contributed by atoms with Crippen molar-refractivity contribution in [2.24, 2.45) is 5.73 Å². The Morgan fingerprint density at radius 2 is 2.07 bits per heavy atom. The van der Waals surface area contributed by atoms with Crippen LogP contribution in [0.15, 0.2) is 18.2 Å². The molecule has 2 heteroatoms. The van der Waals surface area contributed by atoms with Crippen LogP contribution in [-0.2, 0) is 5.41 Å². The van der Waals surface area contributed by atoms with Gasteiger partial charge in [-0.2, -0.15) is 0 Å². The third kappa shape index (κ3) is 1.25. The summed E-state index contributed by atoms with van der Waals surface area (Å²) in [5.41, 5.74) is 7.73. The molecule has 1 saturated carbocycles. The van der Waals surface area contributed by atoms with Crippen LogP contribution in [0, 0.1) is 12.7 Å². The number of halogens is 1. The van der Waals surface area contributed by atoms with Gasteiger partial charge < -0.3 is 5.73 Å². The van der Waals surface area contributed by atoms with E-state index in [2.05, 4.69) is 0 Å². The van der Waals surface area contributed by atoms with Crippen LogP contribution in [0.5, 0.6) is 0 Å².